The van der Waals surface area contributed by atoms with E-state index >= 15 is 0 Å². The number of hydrogen-bond acceptors (Lipinski definition) is 4. The molecule has 0 saturated heterocycles. The van der Waals surface area contributed by atoms with Crippen LogP contribution in [-0.4, -0.2) is 30.9 Å². The quantitative estimate of drug-likeness (QED) is 0.657. The molecular weight excluding hydrogens is 400 g/mol. The van der Waals surface area contributed by atoms with Gasteiger partial charge in [-0.2, -0.15) is 0 Å². The average molecular weight is 425 g/mol. The zero-order chi connectivity index (χ0) is 21.3. The number of sulfonamides is 1. The van der Waals surface area contributed by atoms with E-state index < -0.39 is 10.0 Å². The predicted octanol–water partition coefficient (Wildman–Crippen LogP) is 3.36. The molecule has 0 atom stereocenters. The van der Waals surface area contributed by atoms with Gasteiger partial charge in [0.05, 0.1) is 10.6 Å². The van der Waals surface area contributed by atoms with Crippen molar-refractivity contribution >= 4 is 21.6 Å². The van der Waals surface area contributed by atoms with E-state index in [1.165, 1.54) is 25.6 Å². The lowest BCUT2D eigenvalue weighted by Crippen LogP contribution is -2.20. The van der Waals surface area contributed by atoms with Gasteiger partial charge in [-0.3, -0.25) is 4.79 Å². The highest BCUT2D eigenvalue weighted by molar-refractivity contribution is 7.89. The van der Waals surface area contributed by atoms with Crippen molar-refractivity contribution in [1.29, 1.82) is 0 Å². The lowest BCUT2D eigenvalue weighted by Gasteiger charge is -2.11. The molecule has 0 bridgehead atoms. The summed E-state index contributed by atoms with van der Waals surface area (Å²) in [5, 5.41) is 2.88. The lowest BCUT2D eigenvalue weighted by molar-refractivity contribution is 0.102. The first-order valence-electron chi connectivity index (χ1n) is 9.89. The Morgan fingerprint density at radius 2 is 1.97 bits per heavy atom. The molecule has 4 rings (SSSR count). The molecule has 0 aliphatic carbocycles. The van der Waals surface area contributed by atoms with Crippen LogP contribution in [0.15, 0.2) is 53.6 Å². The zero-order valence-electron chi connectivity index (χ0n) is 17.0. The number of carbonyl (C=O) groups excluding carboxylic acids is 1. The van der Waals surface area contributed by atoms with Crippen molar-refractivity contribution in [1.82, 2.24) is 14.3 Å². The van der Waals surface area contributed by atoms with Crippen molar-refractivity contribution in [2.45, 2.75) is 37.6 Å². The smallest absolute Gasteiger partial charge is 0.255 e. The Balaban J connectivity index is 1.59. The number of amides is 1. The summed E-state index contributed by atoms with van der Waals surface area (Å²) < 4.78 is 28.6. The number of aryl methyl sites for hydroxylation is 3. The molecule has 156 valence electrons. The van der Waals surface area contributed by atoms with E-state index in [0.29, 0.717) is 16.8 Å². The van der Waals surface area contributed by atoms with E-state index in [2.05, 4.69) is 20.8 Å². The number of hydrogen-bond donors (Lipinski definition) is 2. The molecule has 0 fully saturated rings. The van der Waals surface area contributed by atoms with Gasteiger partial charge >= 0.3 is 0 Å². The molecule has 30 heavy (non-hydrogen) atoms. The Morgan fingerprint density at radius 3 is 2.73 bits per heavy atom. The molecule has 3 aromatic rings. The lowest BCUT2D eigenvalue weighted by atomic mass is 10.1. The second-order valence-corrected chi connectivity index (χ2v) is 9.30. The van der Waals surface area contributed by atoms with Gasteiger partial charge in [0.2, 0.25) is 10.0 Å². The van der Waals surface area contributed by atoms with Gasteiger partial charge < -0.3 is 9.88 Å². The standard InChI is InChI=1S/C22H24N4O3S/c1-15-9-10-18(30(28,29)23-2)13-19(15)22(27)24-17-7-5-6-16(12-17)20-14-26-11-4-3-8-21(26)25-20/h5-7,9-10,12-14,23H,3-4,8,11H2,1-2H3,(H,24,27). The topological polar surface area (TPSA) is 93.1 Å². The van der Waals surface area contributed by atoms with Gasteiger partial charge in [-0.1, -0.05) is 18.2 Å². The third-order valence-corrected chi connectivity index (χ3v) is 6.77. The van der Waals surface area contributed by atoms with Crippen LogP contribution in [0.1, 0.15) is 34.6 Å². The van der Waals surface area contributed by atoms with Crippen LogP contribution in [0, 0.1) is 6.92 Å². The molecular formula is C22H24N4O3S. The van der Waals surface area contributed by atoms with Crippen molar-refractivity contribution < 1.29 is 13.2 Å². The third-order valence-electron chi connectivity index (χ3n) is 5.36. The highest BCUT2D eigenvalue weighted by Crippen LogP contribution is 2.25. The Hall–Kier alpha value is -2.97. The maximum atomic E-state index is 12.9. The monoisotopic (exact) mass is 424 g/mol. The molecule has 1 aliphatic rings. The summed E-state index contributed by atoms with van der Waals surface area (Å²) in [5.74, 6) is 0.741. The largest absolute Gasteiger partial charge is 0.334 e. The maximum absolute atomic E-state index is 12.9. The number of nitrogens with one attached hydrogen (secondary N) is 2. The molecule has 0 spiro atoms. The van der Waals surface area contributed by atoms with Gasteiger partial charge in [-0.05, 0) is 56.6 Å². The fourth-order valence-corrected chi connectivity index (χ4v) is 4.39. The second kappa shape index (κ2) is 8.04. The van der Waals surface area contributed by atoms with E-state index in [4.69, 9.17) is 4.98 Å². The Bertz CT molecular complexity index is 1190. The number of fused-ring (bicyclic) bond motifs is 1. The molecule has 2 N–H and O–H groups in total. The summed E-state index contributed by atoms with van der Waals surface area (Å²) in [4.78, 5) is 17.7. The normalized spacial score (nSPS) is 13.7. The van der Waals surface area contributed by atoms with Crippen LogP contribution in [0.25, 0.3) is 11.3 Å². The van der Waals surface area contributed by atoms with Crippen LogP contribution in [0.5, 0.6) is 0 Å². The van der Waals surface area contributed by atoms with E-state index in [9.17, 15) is 13.2 Å². The van der Waals surface area contributed by atoms with Gasteiger partial charge in [0.15, 0.2) is 0 Å². The minimum atomic E-state index is -3.63. The molecule has 2 heterocycles. The van der Waals surface area contributed by atoms with Crippen LogP contribution in [0.4, 0.5) is 5.69 Å². The Kier molecular flexibility index (Phi) is 5.44. The molecule has 0 saturated carbocycles. The van der Waals surface area contributed by atoms with E-state index in [0.717, 1.165) is 36.5 Å². The SMILES string of the molecule is CNS(=O)(=O)c1ccc(C)c(C(=O)Nc2cccc(-c3cn4c(n3)CCCC4)c2)c1. The van der Waals surface area contributed by atoms with Crippen LogP contribution in [-0.2, 0) is 23.0 Å². The molecule has 8 heteroatoms. The molecule has 1 aromatic heterocycles. The minimum absolute atomic E-state index is 0.0538. The summed E-state index contributed by atoms with van der Waals surface area (Å²) in [6.07, 6.45) is 5.38. The van der Waals surface area contributed by atoms with Crippen molar-refractivity contribution in [2.75, 3.05) is 12.4 Å². The first-order valence-corrected chi connectivity index (χ1v) is 11.4. The predicted molar refractivity (Wildman–Crippen MR) is 116 cm³/mol. The zero-order valence-corrected chi connectivity index (χ0v) is 17.8. The molecule has 1 aliphatic heterocycles. The number of benzene rings is 2. The Morgan fingerprint density at radius 1 is 1.13 bits per heavy atom. The number of rotatable bonds is 5. The number of anilines is 1. The fraction of sp³-hybridized carbons (Fsp3) is 0.273. The second-order valence-electron chi connectivity index (χ2n) is 7.41. The fourth-order valence-electron chi connectivity index (χ4n) is 3.64. The summed E-state index contributed by atoms with van der Waals surface area (Å²) >= 11 is 0. The number of nitrogens with zero attached hydrogens (tertiary/aromatic N) is 2. The number of aromatic nitrogens is 2. The summed E-state index contributed by atoms with van der Waals surface area (Å²) in [6, 6.07) is 12.0. The molecule has 7 nitrogen and oxygen atoms in total. The maximum Gasteiger partial charge on any atom is 0.255 e. The highest BCUT2D eigenvalue weighted by Gasteiger charge is 2.17. The van der Waals surface area contributed by atoms with Crippen LogP contribution in [0.3, 0.4) is 0 Å². The third kappa shape index (κ3) is 4.01. The van der Waals surface area contributed by atoms with Gasteiger partial charge in [0, 0.05) is 36.0 Å². The van der Waals surface area contributed by atoms with Crippen molar-refractivity contribution in [3.05, 3.63) is 65.6 Å². The molecule has 1 amide bonds. The van der Waals surface area contributed by atoms with E-state index in [1.54, 1.807) is 19.1 Å². The number of carbonyl (C=O) groups is 1. The van der Waals surface area contributed by atoms with Gasteiger partial charge in [0.1, 0.15) is 5.82 Å². The van der Waals surface area contributed by atoms with Crippen molar-refractivity contribution in [3.63, 3.8) is 0 Å². The first-order chi connectivity index (χ1) is 14.4. The molecule has 2 aromatic carbocycles. The Labute approximate surface area is 176 Å². The molecule has 0 radical (unpaired) electrons. The summed E-state index contributed by atoms with van der Waals surface area (Å²) in [7, 11) is -2.29. The molecule has 0 unspecified atom stereocenters. The summed E-state index contributed by atoms with van der Waals surface area (Å²) in [6.45, 7) is 2.76. The first kappa shape index (κ1) is 20.3. The minimum Gasteiger partial charge on any atom is -0.334 e. The van der Waals surface area contributed by atoms with Crippen molar-refractivity contribution in [3.8, 4) is 11.3 Å². The summed E-state index contributed by atoms with van der Waals surface area (Å²) in [5.41, 5.74) is 3.46. The van der Waals surface area contributed by atoms with Crippen LogP contribution in [0.2, 0.25) is 0 Å². The number of imidazole rings is 1. The van der Waals surface area contributed by atoms with Gasteiger partial charge in [-0.15, -0.1) is 0 Å². The van der Waals surface area contributed by atoms with Gasteiger partial charge in [-0.25, -0.2) is 18.1 Å². The van der Waals surface area contributed by atoms with Gasteiger partial charge in [0.25, 0.3) is 5.91 Å². The van der Waals surface area contributed by atoms with Crippen LogP contribution >= 0.6 is 0 Å². The van der Waals surface area contributed by atoms with Crippen LogP contribution < -0.4 is 10.0 Å². The van der Waals surface area contributed by atoms with E-state index in [-0.39, 0.29) is 10.8 Å². The average Bonchev–Trinajstić information content (AvgIpc) is 3.18. The van der Waals surface area contributed by atoms with E-state index in [1.807, 2.05) is 18.2 Å². The van der Waals surface area contributed by atoms with Crippen molar-refractivity contribution in [2.24, 2.45) is 0 Å². The highest BCUT2D eigenvalue weighted by atomic mass is 32.2.